The summed E-state index contributed by atoms with van der Waals surface area (Å²) in [7, 11) is 1.11. The predicted octanol–water partition coefficient (Wildman–Crippen LogP) is 17.1. The molecule has 0 aromatic carbocycles. The number of likely N-dealkylation sites (N-methyl/N-ethyl adjacent to an activating group) is 1. The van der Waals surface area contributed by atoms with E-state index in [0.717, 1.165) is 103 Å². The van der Waals surface area contributed by atoms with Crippen LogP contribution in [0.3, 0.4) is 0 Å². The lowest BCUT2D eigenvalue weighted by Gasteiger charge is -2.31. The zero-order chi connectivity index (χ0) is 55.0. The second-order valence-electron chi connectivity index (χ2n) is 21.5. The largest absolute Gasteiger partial charge is 0.756 e. The van der Waals surface area contributed by atoms with Gasteiger partial charge in [-0.3, -0.25) is 9.36 Å². The first kappa shape index (κ1) is 72.1. The van der Waals surface area contributed by atoms with Crippen LogP contribution < -0.4 is 10.2 Å². The van der Waals surface area contributed by atoms with Crippen LogP contribution in [-0.4, -0.2) is 79.8 Å². The van der Waals surface area contributed by atoms with Crippen molar-refractivity contribution in [1.82, 2.24) is 5.32 Å². The van der Waals surface area contributed by atoms with Crippen molar-refractivity contribution in [3.8, 4) is 0 Å². The summed E-state index contributed by atoms with van der Waals surface area (Å²) in [5.74, 6) is -0.286. The third kappa shape index (κ3) is 55.7. The lowest BCUT2D eigenvalue weighted by atomic mass is 9.99. The maximum atomic E-state index is 13.0. The first-order valence-electron chi connectivity index (χ1n) is 30.3. The van der Waals surface area contributed by atoms with Crippen molar-refractivity contribution in [2.45, 2.75) is 257 Å². The van der Waals surface area contributed by atoms with E-state index in [2.05, 4.69) is 129 Å². The van der Waals surface area contributed by atoms with Crippen LogP contribution in [0.2, 0.25) is 0 Å². The molecule has 0 saturated heterocycles. The number of aliphatic hydroxyl groups is 2. The predicted molar refractivity (Wildman–Crippen MR) is 322 cm³/mol. The number of hydrogen-bond acceptors (Lipinski definition) is 7. The molecule has 432 valence electrons. The van der Waals surface area contributed by atoms with Crippen LogP contribution in [0.25, 0.3) is 0 Å². The monoisotopic (exact) mass is 1070 g/mol. The van der Waals surface area contributed by atoms with Gasteiger partial charge in [0, 0.05) is 6.42 Å². The van der Waals surface area contributed by atoms with Gasteiger partial charge in [-0.15, -0.1) is 0 Å². The summed E-state index contributed by atoms with van der Waals surface area (Å²) in [5, 5.41) is 24.8. The number of nitrogens with one attached hydrogen (secondary N) is 1. The second-order valence-corrected chi connectivity index (χ2v) is 22.9. The van der Waals surface area contributed by atoms with Crippen LogP contribution in [-0.2, 0) is 18.4 Å². The molecule has 0 fully saturated rings. The van der Waals surface area contributed by atoms with Crippen molar-refractivity contribution in [2.75, 3.05) is 40.9 Å². The van der Waals surface area contributed by atoms with E-state index in [1.54, 1.807) is 0 Å². The Morgan fingerprint density at radius 3 is 1.23 bits per heavy atom. The highest BCUT2D eigenvalue weighted by Gasteiger charge is 2.29. The molecule has 4 atom stereocenters. The van der Waals surface area contributed by atoms with E-state index in [1.807, 2.05) is 21.1 Å². The summed E-state index contributed by atoms with van der Waals surface area (Å²) in [5.41, 5.74) is 0. The molecule has 0 rings (SSSR count). The standard InChI is InChI=1S/C65H115N2O7P/c1-6-8-10-12-14-16-18-20-21-22-23-24-25-26-27-28-29-30-31-32-33-34-35-36-37-38-39-40-41-42-43-44-45-46-48-50-52-54-56-58-64(69)66-62(61-74-75(71,72)73-60-59-67(3,4)5)65(70)63(68)57-55-53-51-49-47-19-17-15-13-11-9-7-2/h8,10,14,16,20-21,23-24,26-27,29-30,32-33,35-36,38-39,62-63,65,68,70H,6-7,9,11-13,15,17-19,22,25,28,31,34,37,40-61H2,1-5H3,(H-,66,69,71,72)/b10-8-,16-14-,21-20-,24-23-,27-26-,30-29-,33-32-,36-35-,39-38-. The Bertz CT molecular complexity index is 1610. The van der Waals surface area contributed by atoms with E-state index in [4.69, 9.17) is 9.05 Å². The van der Waals surface area contributed by atoms with Crippen molar-refractivity contribution in [2.24, 2.45) is 0 Å². The van der Waals surface area contributed by atoms with Gasteiger partial charge in [0.2, 0.25) is 5.91 Å². The molecule has 0 saturated carbocycles. The zero-order valence-corrected chi connectivity index (χ0v) is 49.7. The van der Waals surface area contributed by atoms with Crippen molar-refractivity contribution in [3.63, 3.8) is 0 Å². The van der Waals surface area contributed by atoms with Crippen molar-refractivity contribution < 1.29 is 38.0 Å². The number of carbonyl (C=O) groups excluding carboxylic acids is 1. The molecule has 4 unspecified atom stereocenters. The Balaban J connectivity index is 4.12. The average molecular weight is 1070 g/mol. The molecule has 0 radical (unpaired) electrons. The van der Waals surface area contributed by atoms with E-state index >= 15 is 0 Å². The first-order valence-corrected chi connectivity index (χ1v) is 31.8. The number of aliphatic hydroxyl groups excluding tert-OH is 2. The highest BCUT2D eigenvalue weighted by atomic mass is 31.2. The molecule has 0 aliphatic heterocycles. The average Bonchev–Trinajstić information content (AvgIpc) is 3.37. The number of phosphoric acid groups is 1. The van der Waals surface area contributed by atoms with Gasteiger partial charge in [0.05, 0.1) is 39.9 Å². The number of quaternary nitrogens is 1. The van der Waals surface area contributed by atoms with E-state index < -0.39 is 32.7 Å². The number of nitrogens with zero attached hydrogens (tertiary/aromatic N) is 1. The summed E-state index contributed by atoms with van der Waals surface area (Å²) in [6.07, 6.45) is 75.8. The number of rotatable bonds is 54. The highest BCUT2D eigenvalue weighted by molar-refractivity contribution is 7.45. The fourth-order valence-corrected chi connectivity index (χ4v) is 9.09. The Kier molecular flexibility index (Phi) is 52.4. The molecule has 0 aliphatic carbocycles. The fourth-order valence-electron chi connectivity index (χ4n) is 8.36. The van der Waals surface area contributed by atoms with Gasteiger partial charge in [-0.05, 0) is 83.5 Å². The molecule has 10 heteroatoms. The number of hydrogen-bond donors (Lipinski definition) is 3. The van der Waals surface area contributed by atoms with Gasteiger partial charge in [0.25, 0.3) is 7.82 Å². The molecule has 0 bridgehead atoms. The van der Waals surface area contributed by atoms with E-state index in [1.165, 1.54) is 103 Å². The number of amides is 1. The number of phosphoric ester groups is 1. The normalized spacial score (nSPS) is 15.0. The summed E-state index contributed by atoms with van der Waals surface area (Å²) >= 11 is 0. The fraction of sp³-hybridized carbons (Fsp3) is 0.708. The molecule has 0 aromatic heterocycles. The van der Waals surface area contributed by atoms with Crippen LogP contribution >= 0.6 is 7.82 Å². The topological polar surface area (TPSA) is 128 Å². The van der Waals surface area contributed by atoms with Gasteiger partial charge in [-0.1, -0.05) is 258 Å². The lowest BCUT2D eigenvalue weighted by molar-refractivity contribution is -0.870. The molecule has 0 aromatic rings. The van der Waals surface area contributed by atoms with E-state index in [-0.39, 0.29) is 18.9 Å². The minimum Gasteiger partial charge on any atom is -0.756 e. The third-order valence-electron chi connectivity index (χ3n) is 13.1. The summed E-state index contributed by atoms with van der Waals surface area (Å²) in [4.78, 5) is 25.5. The molecule has 9 nitrogen and oxygen atoms in total. The van der Waals surface area contributed by atoms with Crippen molar-refractivity contribution in [3.05, 3.63) is 109 Å². The van der Waals surface area contributed by atoms with Gasteiger partial charge < -0.3 is 34.0 Å². The number of unbranched alkanes of at least 4 members (excludes halogenated alkanes) is 22. The summed E-state index contributed by atoms with van der Waals surface area (Å²) in [6.45, 7) is 4.31. The zero-order valence-electron chi connectivity index (χ0n) is 48.8. The van der Waals surface area contributed by atoms with Gasteiger partial charge in [-0.25, -0.2) is 0 Å². The molecular formula is C65H115N2O7P. The quantitative estimate of drug-likeness (QED) is 0.0239. The minimum atomic E-state index is -4.68. The third-order valence-corrected chi connectivity index (χ3v) is 14.1. The van der Waals surface area contributed by atoms with Crippen LogP contribution in [0.15, 0.2) is 109 Å². The molecule has 0 aliphatic rings. The minimum absolute atomic E-state index is 0.0454. The molecule has 0 heterocycles. The Labute approximate surface area is 462 Å². The Morgan fingerprint density at radius 2 is 0.840 bits per heavy atom. The Morgan fingerprint density at radius 1 is 0.493 bits per heavy atom. The van der Waals surface area contributed by atoms with Crippen molar-refractivity contribution >= 4 is 13.7 Å². The second kappa shape index (κ2) is 54.5. The maximum absolute atomic E-state index is 13.0. The van der Waals surface area contributed by atoms with Crippen molar-refractivity contribution in [1.29, 1.82) is 0 Å². The van der Waals surface area contributed by atoms with E-state index in [9.17, 15) is 24.5 Å². The summed E-state index contributed by atoms with van der Waals surface area (Å²) in [6, 6.07) is -1.08. The lowest BCUT2D eigenvalue weighted by Crippen LogP contribution is -2.51. The first-order chi connectivity index (χ1) is 36.4. The number of allylic oxidation sites excluding steroid dienone is 18. The SMILES string of the molecule is CC/C=C\C/C=C\C/C=C\C/C=C\C/C=C\C/C=C\C/C=C\C/C=C\C/C=C\CCCCCCCCCCCCCC(=O)NC(COP(=O)([O-])OCC[N+](C)(C)C)C(O)C(O)CCCCCCCCCCCCCC. The molecule has 75 heavy (non-hydrogen) atoms. The molecule has 1 amide bonds. The smallest absolute Gasteiger partial charge is 0.268 e. The van der Waals surface area contributed by atoms with E-state index in [0.29, 0.717) is 23.9 Å². The van der Waals surface area contributed by atoms with Crippen LogP contribution in [0.4, 0.5) is 0 Å². The van der Waals surface area contributed by atoms with Gasteiger partial charge in [-0.2, -0.15) is 0 Å². The van der Waals surface area contributed by atoms with Gasteiger partial charge >= 0.3 is 0 Å². The molecular weight excluding hydrogens is 952 g/mol. The molecule has 3 N–H and O–H groups in total. The van der Waals surface area contributed by atoms with Gasteiger partial charge in [0.1, 0.15) is 19.3 Å². The number of carbonyl (C=O) groups is 1. The Hall–Kier alpha value is -2.88. The van der Waals surface area contributed by atoms with Crippen LogP contribution in [0.5, 0.6) is 0 Å². The van der Waals surface area contributed by atoms with Crippen LogP contribution in [0, 0.1) is 0 Å². The molecule has 0 spiro atoms. The van der Waals surface area contributed by atoms with Crippen LogP contribution in [0.1, 0.15) is 239 Å². The summed E-state index contributed by atoms with van der Waals surface area (Å²) < 4.78 is 23.3. The van der Waals surface area contributed by atoms with Gasteiger partial charge in [0.15, 0.2) is 0 Å². The maximum Gasteiger partial charge on any atom is 0.268 e. The highest BCUT2D eigenvalue weighted by Crippen LogP contribution is 2.38.